The van der Waals surface area contributed by atoms with Crippen molar-refractivity contribution in [2.24, 2.45) is 5.92 Å². The lowest BCUT2D eigenvalue weighted by molar-refractivity contribution is -0.141. The first-order valence-corrected chi connectivity index (χ1v) is 9.14. The van der Waals surface area contributed by atoms with Crippen LogP contribution in [0.1, 0.15) is 34.3 Å². The molecule has 3 rings (SSSR count). The minimum absolute atomic E-state index is 0.0537. The summed E-state index contributed by atoms with van der Waals surface area (Å²) < 4.78 is 5.32. The molecule has 1 amide bonds. The number of hydrogen-bond acceptors (Lipinski definition) is 4. The first-order valence-electron chi connectivity index (χ1n) is 9.14. The summed E-state index contributed by atoms with van der Waals surface area (Å²) in [6.07, 6.45) is 0.0537. The Bertz CT molecular complexity index is 893. The Balaban J connectivity index is 1.81. The Kier molecular flexibility index (Phi) is 5.78. The third-order valence-electron chi connectivity index (χ3n) is 5.25. The van der Waals surface area contributed by atoms with E-state index in [1.54, 1.807) is 23.1 Å². The number of benzene rings is 2. The maximum absolute atomic E-state index is 12.9. The fourth-order valence-corrected chi connectivity index (χ4v) is 3.71. The number of methoxy groups -OCH3 is 1. The standard InChI is InChI=1S/C22H23NO5/c1-14(24)16-8-9-20(28-2)17(10-16)11-21(25)23-12-18(19(13-23)22(26)27)15-6-4-3-5-7-15/h3-10,18-19H,11-13H2,1-2H3,(H,26,27)/t18-,19-/m0/s1. The Morgan fingerprint density at radius 3 is 2.43 bits per heavy atom. The molecule has 1 saturated heterocycles. The number of carboxylic acid groups (broad SMARTS) is 1. The summed E-state index contributed by atoms with van der Waals surface area (Å²) in [5, 5.41) is 9.62. The van der Waals surface area contributed by atoms with Crippen molar-refractivity contribution in [2.75, 3.05) is 20.2 Å². The number of Topliss-reactive ketones (excluding diaryl/α,β-unsaturated/α-hetero) is 1. The largest absolute Gasteiger partial charge is 0.496 e. The van der Waals surface area contributed by atoms with Gasteiger partial charge in [0.25, 0.3) is 0 Å². The zero-order valence-corrected chi connectivity index (χ0v) is 15.9. The average Bonchev–Trinajstić information content (AvgIpc) is 3.14. The second kappa shape index (κ2) is 8.25. The molecule has 0 aliphatic carbocycles. The molecule has 0 saturated carbocycles. The van der Waals surface area contributed by atoms with Crippen molar-refractivity contribution in [2.45, 2.75) is 19.3 Å². The Morgan fingerprint density at radius 1 is 1.11 bits per heavy atom. The number of carbonyl (C=O) groups excluding carboxylic acids is 2. The minimum atomic E-state index is -0.902. The van der Waals surface area contributed by atoms with Gasteiger partial charge in [-0.1, -0.05) is 30.3 Å². The second-order valence-electron chi connectivity index (χ2n) is 7.02. The van der Waals surface area contributed by atoms with E-state index in [-0.39, 0.29) is 30.6 Å². The van der Waals surface area contributed by atoms with Crippen molar-refractivity contribution in [3.05, 3.63) is 65.2 Å². The van der Waals surface area contributed by atoms with Gasteiger partial charge in [-0.3, -0.25) is 14.4 Å². The lowest BCUT2D eigenvalue weighted by Crippen LogP contribution is -2.31. The van der Waals surface area contributed by atoms with E-state index in [2.05, 4.69) is 0 Å². The lowest BCUT2D eigenvalue weighted by Gasteiger charge is -2.18. The van der Waals surface area contributed by atoms with Gasteiger partial charge >= 0.3 is 5.97 Å². The third-order valence-corrected chi connectivity index (χ3v) is 5.25. The number of aliphatic carboxylic acids is 1. The molecule has 2 aromatic rings. The van der Waals surface area contributed by atoms with Crippen LogP contribution in [0.2, 0.25) is 0 Å². The molecule has 0 radical (unpaired) electrons. The van der Waals surface area contributed by atoms with E-state index in [1.807, 2.05) is 30.3 Å². The molecule has 0 unspecified atom stereocenters. The quantitative estimate of drug-likeness (QED) is 0.778. The fraction of sp³-hybridized carbons (Fsp3) is 0.318. The average molecular weight is 381 g/mol. The van der Waals surface area contributed by atoms with E-state index in [1.165, 1.54) is 14.0 Å². The molecule has 6 nitrogen and oxygen atoms in total. The van der Waals surface area contributed by atoms with Crippen LogP contribution in [0, 0.1) is 5.92 Å². The van der Waals surface area contributed by atoms with Gasteiger partial charge in [-0.15, -0.1) is 0 Å². The molecule has 1 fully saturated rings. The predicted molar refractivity (Wildman–Crippen MR) is 104 cm³/mol. The summed E-state index contributed by atoms with van der Waals surface area (Å²) >= 11 is 0. The molecular formula is C22H23NO5. The van der Waals surface area contributed by atoms with Crippen molar-refractivity contribution in [3.8, 4) is 5.75 Å². The van der Waals surface area contributed by atoms with Crippen LogP contribution in [0.25, 0.3) is 0 Å². The van der Waals surface area contributed by atoms with Gasteiger partial charge < -0.3 is 14.7 Å². The molecule has 1 aliphatic heterocycles. The van der Waals surface area contributed by atoms with Crippen molar-refractivity contribution >= 4 is 17.7 Å². The smallest absolute Gasteiger partial charge is 0.308 e. The number of likely N-dealkylation sites (tertiary alicyclic amines) is 1. The number of ether oxygens (including phenoxy) is 1. The molecule has 0 spiro atoms. The van der Waals surface area contributed by atoms with Crippen molar-refractivity contribution in [1.82, 2.24) is 4.90 Å². The van der Waals surface area contributed by atoms with Gasteiger partial charge in [-0.25, -0.2) is 0 Å². The number of carbonyl (C=O) groups is 3. The van der Waals surface area contributed by atoms with Gasteiger partial charge in [0.15, 0.2) is 5.78 Å². The maximum Gasteiger partial charge on any atom is 0.308 e. The van der Waals surface area contributed by atoms with Gasteiger partial charge in [-0.05, 0) is 30.7 Å². The highest BCUT2D eigenvalue weighted by Crippen LogP contribution is 2.33. The van der Waals surface area contributed by atoms with Crippen LogP contribution < -0.4 is 4.74 Å². The molecule has 1 aliphatic rings. The summed E-state index contributed by atoms with van der Waals surface area (Å²) in [6.45, 7) is 1.99. The van der Waals surface area contributed by atoms with Crippen molar-refractivity contribution < 1.29 is 24.2 Å². The van der Waals surface area contributed by atoms with Gasteiger partial charge in [0.1, 0.15) is 5.75 Å². The summed E-state index contributed by atoms with van der Waals surface area (Å²) in [5.74, 6) is -1.52. The Labute approximate surface area is 163 Å². The number of amides is 1. The predicted octanol–water partition coefficient (Wildman–Crippen LogP) is 2.77. The zero-order chi connectivity index (χ0) is 20.3. The first kappa shape index (κ1) is 19.6. The maximum atomic E-state index is 12.9. The number of ketones is 1. The monoisotopic (exact) mass is 381 g/mol. The third kappa shape index (κ3) is 4.06. The molecule has 1 heterocycles. The lowest BCUT2D eigenvalue weighted by atomic mass is 9.89. The van der Waals surface area contributed by atoms with Gasteiger partial charge in [0.05, 0.1) is 19.4 Å². The van der Waals surface area contributed by atoms with Gasteiger partial charge in [0.2, 0.25) is 5.91 Å². The molecule has 2 atom stereocenters. The molecule has 0 bridgehead atoms. The fourth-order valence-electron chi connectivity index (χ4n) is 3.71. The van der Waals surface area contributed by atoms with Crippen molar-refractivity contribution in [1.29, 1.82) is 0 Å². The van der Waals surface area contributed by atoms with E-state index in [0.29, 0.717) is 23.4 Å². The molecule has 146 valence electrons. The summed E-state index contributed by atoms with van der Waals surface area (Å²) in [7, 11) is 1.51. The summed E-state index contributed by atoms with van der Waals surface area (Å²) in [5.41, 5.74) is 2.05. The molecule has 0 aromatic heterocycles. The Hall–Kier alpha value is -3.15. The van der Waals surface area contributed by atoms with Crippen molar-refractivity contribution in [3.63, 3.8) is 0 Å². The first-order chi connectivity index (χ1) is 13.4. The van der Waals surface area contributed by atoms with Crippen LogP contribution in [0.3, 0.4) is 0 Å². The van der Waals surface area contributed by atoms with Crippen LogP contribution in [0.15, 0.2) is 48.5 Å². The SMILES string of the molecule is COc1ccc(C(C)=O)cc1CC(=O)N1C[C@H](C(=O)O)[C@H](c2ccccc2)C1. The van der Waals surface area contributed by atoms with E-state index in [4.69, 9.17) is 4.74 Å². The minimum Gasteiger partial charge on any atom is -0.496 e. The van der Waals surface area contributed by atoms with Gasteiger partial charge in [-0.2, -0.15) is 0 Å². The van der Waals surface area contributed by atoms with E-state index in [0.717, 1.165) is 5.56 Å². The van der Waals surface area contributed by atoms with E-state index >= 15 is 0 Å². The number of nitrogens with zero attached hydrogens (tertiary/aromatic N) is 1. The molecule has 28 heavy (non-hydrogen) atoms. The van der Waals surface area contributed by atoms with Crippen LogP contribution >= 0.6 is 0 Å². The highest BCUT2D eigenvalue weighted by atomic mass is 16.5. The molecule has 6 heteroatoms. The summed E-state index contributed by atoms with van der Waals surface area (Å²) in [6, 6.07) is 14.4. The molecule has 1 N–H and O–H groups in total. The highest BCUT2D eigenvalue weighted by molar-refractivity contribution is 5.94. The van der Waals surface area contributed by atoms with Crippen LogP contribution in [-0.2, 0) is 16.0 Å². The van der Waals surface area contributed by atoms with E-state index in [9.17, 15) is 19.5 Å². The van der Waals surface area contributed by atoms with Crippen LogP contribution in [0.5, 0.6) is 5.75 Å². The molecular weight excluding hydrogens is 358 g/mol. The topological polar surface area (TPSA) is 83.9 Å². The number of carboxylic acids is 1. The zero-order valence-electron chi connectivity index (χ0n) is 15.9. The normalized spacial score (nSPS) is 18.7. The van der Waals surface area contributed by atoms with Crippen LogP contribution in [0.4, 0.5) is 0 Å². The van der Waals surface area contributed by atoms with E-state index < -0.39 is 11.9 Å². The second-order valence-corrected chi connectivity index (χ2v) is 7.02. The number of rotatable bonds is 6. The Morgan fingerprint density at radius 2 is 1.82 bits per heavy atom. The highest BCUT2D eigenvalue weighted by Gasteiger charge is 2.40. The van der Waals surface area contributed by atoms with Gasteiger partial charge in [0, 0.05) is 30.1 Å². The number of hydrogen-bond donors (Lipinski definition) is 1. The molecule has 2 aromatic carbocycles. The summed E-state index contributed by atoms with van der Waals surface area (Å²) in [4.78, 5) is 37.9. The van der Waals surface area contributed by atoms with Crippen LogP contribution in [-0.4, -0.2) is 47.9 Å².